The molecule has 1 rings (SSSR count). The second-order valence-corrected chi connectivity index (χ2v) is 4.38. The van der Waals surface area contributed by atoms with Crippen molar-refractivity contribution in [2.24, 2.45) is 5.73 Å². The number of nitro groups is 1. The molecule has 0 aliphatic heterocycles. The highest BCUT2D eigenvalue weighted by atomic mass is 79.9. The maximum absolute atomic E-state index is 11.5. The number of hydrogen-bond acceptors (Lipinski definition) is 5. The molecule has 9 heteroatoms. The van der Waals surface area contributed by atoms with Crippen LogP contribution >= 0.6 is 28.1 Å². The van der Waals surface area contributed by atoms with Crippen molar-refractivity contribution in [1.82, 2.24) is 0 Å². The summed E-state index contributed by atoms with van der Waals surface area (Å²) in [5, 5.41) is 13.4. The molecule has 3 N–H and O–H groups in total. The number of nitrogens with one attached hydrogen (secondary N) is 1. The van der Waals surface area contributed by atoms with Crippen LogP contribution in [-0.2, 0) is 4.74 Å². The molecule has 0 saturated carbocycles. The first-order valence-corrected chi connectivity index (χ1v) is 5.69. The summed E-state index contributed by atoms with van der Waals surface area (Å²) in [5.74, 6) is -0.819. The quantitative estimate of drug-likeness (QED) is 0.375. The number of hydrogen-bond donors (Lipinski definition) is 2. The van der Waals surface area contributed by atoms with Crippen LogP contribution in [0.15, 0.2) is 16.6 Å². The van der Waals surface area contributed by atoms with Crippen molar-refractivity contribution in [3.63, 3.8) is 0 Å². The molecule has 18 heavy (non-hydrogen) atoms. The van der Waals surface area contributed by atoms with E-state index in [-0.39, 0.29) is 16.4 Å². The van der Waals surface area contributed by atoms with Gasteiger partial charge >= 0.3 is 5.97 Å². The van der Waals surface area contributed by atoms with E-state index in [4.69, 9.17) is 5.73 Å². The first kappa shape index (κ1) is 14.3. The fraction of sp³-hybridized carbons (Fsp3) is 0.111. The van der Waals surface area contributed by atoms with Gasteiger partial charge in [0.1, 0.15) is 5.56 Å². The van der Waals surface area contributed by atoms with Crippen molar-refractivity contribution in [1.29, 1.82) is 0 Å². The lowest BCUT2D eigenvalue weighted by Gasteiger charge is -2.09. The van der Waals surface area contributed by atoms with Gasteiger partial charge in [-0.25, -0.2) is 4.79 Å². The second kappa shape index (κ2) is 5.74. The van der Waals surface area contributed by atoms with Gasteiger partial charge in [0.2, 0.25) is 0 Å². The SMILES string of the molecule is COC(=O)c1cc(NC(N)=S)c(Br)cc1[N+](=O)[O-]. The molecule has 0 aliphatic rings. The fourth-order valence-electron chi connectivity index (χ4n) is 1.22. The summed E-state index contributed by atoms with van der Waals surface area (Å²) >= 11 is 7.77. The lowest BCUT2D eigenvalue weighted by atomic mass is 10.1. The van der Waals surface area contributed by atoms with Crippen molar-refractivity contribution in [2.45, 2.75) is 0 Å². The van der Waals surface area contributed by atoms with Gasteiger partial charge in [-0.15, -0.1) is 0 Å². The maximum Gasteiger partial charge on any atom is 0.344 e. The number of carbonyl (C=O) groups is 1. The molecule has 0 aromatic heterocycles. The van der Waals surface area contributed by atoms with Crippen LogP contribution in [0.25, 0.3) is 0 Å². The van der Waals surface area contributed by atoms with Gasteiger partial charge in [0.05, 0.1) is 17.7 Å². The van der Waals surface area contributed by atoms with E-state index in [0.29, 0.717) is 10.2 Å². The number of methoxy groups -OCH3 is 1. The standard InChI is InChI=1S/C9H8BrN3O4S/c1-17-8(14)4-2-6(12-9(11)18)5(10)3-7(4)13(15)16/h2-3H,1H3,(H3,11,12,18). The summed E-state index contributed by atoms with van der Waals surface area (Å²) in [7, 11) is 1.13. The van der Waals surface area contributed by atoms with Crippen molar-refractivity contribution < 1.29 is 14.5 Å². The minimum Gasteiger partial charge on any atom is -0.465 e. The third kappa shape index (κ3) is 3.14. The molecule has 0 amide bonds. The highest BCUT2D eigenvalue weighted by Crippen LogP contribution is 2.31. The van der Waals surface area contributed by atoms with Crippen LogP contribution in [0.4, 0.5) is 11.4 Å². The number of esters is 1. The number of ether oxygens (including phenoxy) is 1. The van der Waals surface area contributed by atoms with E-state index in [1.54, 1.807) is 0 Å². The van der Waals surface area contributed by atoms with Gasteiger partial charge in [-0.3, -0.25) is 10.1 Å². The highest BCUT2D eigenvalue weighted by Gasteiger charge is 2.23. The zero-order valence-corrected chi connectivity index (χ0v) is 11.5. The van der Waals surface area contributed by atoms with Crippen LogP contribution in [0.5, 0.6) is 0 Å². The minimum absolute atomic E-state index is 0.0274. The summed E-state index contributed by atoms with van der Waals surface area (Å²) in [6.45, 7) is 0. The largest absolute Gasteiger partial charge is 0.465 e. The van der Waals surface area contributed by atoms with Crippen molar-refractivity contribution in [3.05, 3.63) is 32.3 Å². The molecule has 96 valence electrons. The van der Waals surface area contributed by atoms with Gasteiger partial charge in [-0.1, -0.05) is 0 Å². The molecule has 0 heterocycles. The Morgan fingerprint density at radius 3 is 2.67 bits per heavy atom. The summed E-state index contributed by atoms with van der Waals surface area (Å²) in [5.41, 5.74) is 5.08. The Hall–Kier alpha value is -1.74. The summed E-state index contributed by atoms with van der Waals surface area (Å²) in [4.78, 5) is 21.6. The van der Waals surface area contributed by atoms with Gasteiger partial charge in [-0.2, -0.15) is 0 Å². The van der Waals surface area contributed by atoms with Crippen LogP contribution < -0.4 is 11.1 Å². The molecule has 0 fully saturated rings. The molecule has 0 spiro atoms. The molecular formula is C9H8BrN3O4S. The van der Waals surface area contributed by atoms with Gasteiger partial charge in [0, 0.05) is 10.5 Å². The number of nitrogens with two attached hydrogens (primary N) is 1. The number of nitro benzene ring substituents is 1. The van der Waals surface area contributed by atoms with E-state index in [1.165, 1.54) is 12.1 Å². The van der Waals surface area contributed by atoms with Gasteiger partial charge < -0.3 is 15.8 Å². The summed E-state index contributed by atoms with van der Waals surface area (Å²) in [6.07, 6.45) is 0. The predicted octanol–water partition coefficient (Wildman–Crippen LogP) is 1.80. The molecule has 0 atom stereocenters. The zero-order valence-electron chi connectivity index (χ0n) is 9.10. The average molecular weight is 334 g/mol. The second-order valence-electron chi connectivity index (χ2n) is 3.09. The first-order valence-electron chi connectivity index (χ1n) is 4.49. The first-order chi connectivity index (χ1) is 8.36. The summed E-state index contributed by atoms with van der Waals surface area (Å²) < 4.78 is 4.83. The topological polar surface area (TPSA) is 107 Å². The van der Waals surface area contributed by atoms with E-state index in [1.807, 2.05) is 0 Å². The lowest BCUT2D eigenvalue weighted by molar-refractivity contribution is -0.385. The maximum atomic E-state index is 11.5. The summed E-state index contributed by atoms with van der Waals surface area (Å²) in [6, 6.07) is 2.42. The molecular weight excluding hydrogens is 326 g/mol. The van der Waals surface area contributed by atoms with Crippen LogP contribution in [0.3, 0.4) is 0 Å². The fourth-order valence-corrected chi connectivity index (χ4v) is 1.76. The third-order valence-corrected chi connectivity index (χ3v) is 2.70. The van der Waals surface area contributed by atoms with Crippen LogP contribution in [0.2, 0.25) is 0 Å². The van der Waals surface area contributed by atoms with Crippen LogP contribution in [-0.4, -0.2) is 23.1 Å². The Kier molecular flexibility index (Phi) is 4.56. The van der Waals surface area contributed by atoms with Gasteiger partial charge in [0.15, 0.2) is 5.11 Å². The number of anilines is 1. The molecule has 1 aromatic carbocycles. The molecule has 1 aromatic rings. The molecule has 0 saturated heterocycles. The number of nitrogens with zero attached hydrogens (tertiary/aromatic N) is 1. The van der Waals surface area contributed by atoms with Crippen molar-refractivity contribution in [3.8, 4) is 0 Å². The Bertz CT molecular complexity index is 535. The Morgan fingerprint density at radius 1 is 1.61 bits per heavy atom. The van der Waals surface area contributed by atoms with Crippen molar-refractivity contribution >= 4 is 50.6 Å². The third-order valence-electron chi connectivity index (χ3n) is 1.95. The predicted molar refractivity (Wildman–Crippen MR) is 72.5 cm³/mol. The Balaban J connectivity index is 3.40. The monoisotopic (exact) mass is 333 g/mol. The van der Waals surface area contributed by atoms with Gasteiger partial charge in [0.25, 0.3) is 5.69 Å². The Labute approximate surface area is 116 Å². The van der Waals surface area contributed by atoms with Crippen molar-refractivity contribution in [2.75, 3.05) is 12.4 Å². The van der Waals surface area contributed by atoms with E-state index in [2.05, 4.69) is 38.2 Å². The molecule has 0 aliphatic carbocycles. The van der Waals surface area contributed by atoms with Crippen LogP contribution in [0.1, 0.15) is 10.4 Å². The zero-order chi connectivity index (χ0) is 13.9. The normalized spacial score (nSPS) is 9.67. The Morgan fingerprint density at radius 2 is 2.22 bits per heavy atom. The smallest absolute Gasteiger partial charge is 0.344 e. The number of halogens is 1. The number of rotatable bonds is 3. The molecule has 0 unspecified atom stereocenters. The highest BCUT2D eigenvalue weighted by molar-refractivity contribution is 9.10. The molecule has 0 bridgehead atoms. The molecule has 7 nitrogen and oxygen atoms in total. The van der Waals surface area contributed by atoms with Gasteiger partial charge in [-0.05, 0) is 34.2 Å². The number of carbonyl (C=O) groups excluding carboxylic acids is 1. The minimum atomic E-state index is -0.819. The molecule has 0 radical (unpaired) electrons. The average Bonchev–Trinajstić information content (AvgIpc) is 2.29. The van der Waals surface area contributed by atoms with E-state index in [0.717, 1.165) is 7.11 Å². The van der Waals surface area contributed by atoms with E-state index in [9.17, 15) is 14.9 Å². The van der Waals surface area contributed by atoms with Crippen LogP contribution in [0, 0.1) is 10.1 Å². The number of benzene rings is 1. The lowest BCUT2D eigenvalue weighted by Crippen LogP contribution is -2.19. The van der Waals surface area contributed by atoms with E-state index < -0.39 is 10.9 Å². The van der Waals surface area contributed by atoms with E-state index >= 15 is 0 Å². The number of thiocarbonyl (C=S) groups is 1.